The highest BCUT2D eigenvalue weighted by atomic mass is 32.1. The van der Waals surface area contributed by atoms with Crippen molar-refractivity contribution in [2.24, 2.45) is 0 Å². The lowest BCUT2D eigenvalue weighted by Gasteiger charge is -2.36. The van der Waals surface area contributed by atoms with Gasteiger partial charge in [-0.2, -0.15) is 0 Å². The van der Waals surface area contributed by atoms with Crippen molar-refractivity contribution in [1.29, 1.82) is 0 Å². The number of amides is 2. The molecule has 3 aromatic rings. The molecule has 164 valence electrons. The molecular weight excluding hydrogens is 418 g/mol. The summed E-state index contributed by atoms with van der Waals surface area (Å²) in [7, 11) is 0. The van der Waals surface area contributed by atoms with E-state index >= 15 is 0 Å². The van der Waals surface area contributed by atoms with Crippen molar-refractivity contribution in [2.45, 2.75) is 19.9 Å². The van der Waals surface area contributed by atoms with Crippen LogP contribution in [0.15, 0.2) is 60.7 Å². The lowest BCUT2D eigenvalue weighted by atomic mass is 10.1. The Bertz CT molecular complexity index is 1130. The monoisotopic (exact) mass is 445 g/mol. The van der Waals surface area contributed by atoms with Gasteiger partial charge in [-0.3, -0.25) is 9.59 Å². The van der Waals surface area contributed by atoms with E-state index in [1.807, 2.05) is 46.2 Å². The molecule has 0 unspecified atom stereocenters. The summed E-state index contributed by atoms with van der Waals surface area (Å²) >= 11 is 1.60. The topological polar surface area (TPSA) is 43.9 Å². The molecular formula is C26H27N3O2S. The van der Waals surface area contributed by atoms with Crippen LogP contribution in [0.3, 0.4) is 0 Å². The van der Waals surface area contributed by atoms with Gasteiger partial charge in [0, 0.05) is 55.4 Å². The number of benzene rings is 2. The molecule has 6 heteroatoms. The highest BCUT2D eigenvalue weighted by molar-refractivity contribution is 7.14. The summed E-state index contributed by atoms with van der Waals surface area (Å²) in [5.41, 5.74) is 4.32. The number of hydrogen-bond acceptors (Lipinski definition) is 4. The fourth-order valence-corrected chi connectivity index (χ4v) is 5.65. The smallest absolute Gasteiger partial charge is 0.264 e. The molecule has 5 nitrogen and oxygen atoms in total. The minimum Gasteiger partial charge on any atom is -0.368 e. The molecule has 5 rings (SSSR count). The maximum absolute atomic E-state index is 13.2. The van der Waals surface area contributed by atoms with Crippen LogP contribution in [0.2, 0.25) is 0 Å². The molecule has 0 N–H and O–H groups in total. The highest BCUT2D eigenvalue weighted by Gasteiger charge is 2.28. The van der Waals surface area contributed by atoms with E-state index < -0.39 is 0 Å². The highest BCUT2D eigenvalue weighted by Crippen LogP contribution is 2.30. The van der Waals surface area contributed by atoms with Crippen molar-refractivity contribution in [3.63, 3.8) is 0 Å². The van der Waals surface area contributed by atoms with Gasteiger partial charge in [0.15, 0.2) is 0 Å². The molecule has 1 fully saturated rings. The molecule has 0 spiro atoms. The zero-order chi connectivity index (χ0) is 22.1. The standard InChI is InChI=1S/C26H27N3O2S/c1-19-6-5-9-22(16-19)27-12-14-28(15-13-27)26(31)24-17-21-18-29(11-10-23(21)32-24)25(30)20-7-3-2-4-8-20/h2-9,16-17H,10-15,18H2,1H3. The van der Waals surface area contributed by atoms with Crippen LogP contribution < -0.4 is 4.90 Å². The number of anilines is 1. The molecule has 2 aliphatic rings. The molecule has 1 aromatic heterocycles. The number of rotatable bonds is 3. The van der Waals surface area contributed by atoms with Gasteiger partial charge in [0.05, 0.1) is 4.88 Å². The van der Waals surface area contributed by atoms with Crippen LogP contribution in [-0.2, 0) is 13.0 Å². The van der Waals surface area contributed by atoms with E-state index in [4.69, 9.17) is 0 Å². The third-order valence-electron chi connectivity index (χ3n) is 6.32. The molecule has 32 heavy (non-hydrogen) atoms. The first-order valence-electron chi connectivity index (χ1n) is 11.2. The van der Waals surface area contributed by atoms with E-state index in [2.05, 4.69) is 36.1 Å². The van der Waals surface area contributed by atoms with Gasteiger partial charge in [0.1, 0.15) is 0 Å². The summed E-state index contributed by atoms with van der Waals surface area (Å²) in [5, 5.41) is 0. The van der Waals surface area contributed by atoms with Crippen LogP contribution in [-0.4, -0.2) is 54.3 Å². The molecule has 1 saturated heterocycles. The zero-order valence-electron chi connectivity index (χ0n) is 18.3. The van der Waals surface area contributed by atoms with Crippen molar-refractivity contribution in [3.05, 3.63) is 87.1 Å². The van der Waals surface area contributed by atoms with Gasteiger partial charge in [-0.15, -0.1) is 11.3 Å². The Balaban J connectivity index is 1.23. The Kier molecular flexibility index (Phi) is 5.70. The summed E-state index contributed by atoms with van der Waals surface area (Å²) in [6.07, 6.45) is 0.812. The second-order valence-electron chi connectivity index (χ2n) is 8.52. The SMILES string of the molecule is Cc1cccc(N2CCN(C(=O)c3cc4c(s3)CCN(C(=O)c3ccccc3)C4)CC2)c1. The maximum Gasteiger partial charge on any atom is 0.264 e. The molecule has 2 aromatic carbocycles. The van der Waals surface area contributed by atoms with Gasteiger partial charge < -0.3 is 14.7 Å². The summed E-state index contributed by atoms with van der Waals surface area (Å²) in [6.45, 7) is 6.54. The largest absolute Gasteiger partial charge is 0.368 e. The Morgan fingerprint density at radius 2 is 1.59 bits per heavy atom. The number of fused-ring (bicyclic) bond motifs is 1. The molecule has 0 saturated carbocycles. The van der Waals surface area contributed by atoms with Crippen LogP contribution in [0.4, 0.5) is 5.69 Å². The normalized spacial score (nSPS) is 16.1. The Hall–Kier alpha value is -3.12. The van der Waals surface area contributed by atoms with Crippen molar-refractivity contribution in [1.82, 2.24) is 9.80 Å². The molecule has 0 bridgehead atoms. The molecule has 0 atom stereocenters. The average molecular weight is 446 g/mol. The van der Waals surface area contributed by atoms with E-state index in [-0.39, 0.29) is 11.8 Å². The minimum absolute atomic E-state index is 0.0580. The average Bonchev–Trinajstić information content (AvgIpc) is 3.27. The van der Waals surface area contributed by atoms with Gasteiger partial charge >= 0.3 is 0 Å². The first kappa shape index (κ1) is 20.8. The van der Waals surface area contributed by atoms with E-state index in [1.165, 1.54) is 16.1 Å². The maximum atomic E-state index is 13.2. The van der Waals surface area contributed by atoms with Gasteiger partial charge in [-0.05, 0) is 54.8 Å². The molecule has 0 aliphatic carbocycles. The first-order chi connectivity index (χ1) is 15.6. The van der Waals surface area contributed by atoms with Crippen molar-refractivity contribution in [2.75, 3.05) is 37.6 Å². The Labute approximate surface area is 192 Å². The zero-order valence-corrected chi connectivity index (χ0v) is 19.1. The van der Waals surface area contributed by atoms with Crippen LogP contribution in [0.1, 0.15) is 36.0 Å². The van der Waals surface area contributed by atoms with E-state index in [1.54, 1.807) is 11.3 Å². The number of nitrogens with zero attached hydrogens (tertiary/aromatic N) is 3. The lowest BCUT2D eigenvalue weighted by Crippen LogP contribution is -2.48. The number of carbonyl (C=O) groups excluding carboxylic acids is 2. The van der Waals surface area contributed by atoms with Crippen LogP contribution in [0, 0.1) is 6.92 Å². The number of carbonyl (C=O) groups is 2. The van der Waals surface area contributed by atoms with E-state index in [0.29, 0.717) is 18.7 Å². The second-order valence-corrected chi connectivity index (χ2v) is 9.66. The summed E-state index contributed by atoms with van der Waals surface area (Å²) in [5.74, 6) is 0.178. The van der Waals surface area contributed by atoms with Crippen molar-refractivity contribution >= 4 is 28.8 Å². The van der Waals surface area contributed by atoms with E-state index in [9.17, 15) is 9.59 Å². The Morgan fingerprint density at radius 1 is 0.812 bits per heavy atom. The molecule has 0 radical (unpaired) electrons. The van der Waals surface area contributed by atoms with Gasteiger partial charge in [-0.1, -0.05) is 30.3 Å². The fourth-order valence-electron chi connectivity index (χ4n) is 4.52. The molecule has 2 amide bonds. The van der Waals surface area contributed by atoms with Crippen molar-refractivity contribution < 1.29 is 9.59 Å². The summed E-state index contributed by atoms with van der Waals surface area (Å²) < 4.78 is 0. The van der Waals surface area contributed by atoms with Crippen LogP contribution in [0.25, 0.3) is 0 Å². The predicted octanol–water partition coefficient (Wildman–Crippen LogP) is 4.22. The fraction of sp³-hybridized carbons (Fsp3) is 0.308. The lowest BCUT2D eigenvalue weighted by molar-refractivity contribution is 0.0735. The Morgan fingerprint density at radius 3 is 2.34 bits per heavy atom. The molecule has 3 heterocycles. The van der Waals surface area contributed by atoms with Crippen LogP contribution in [0.5, 0.6) is 0 Å². The first-order valence-corrected chi connectivity index (χ1v) is 12.0. The summed E-state index contributed by atoms with van der Waals surface area (Å²) in [6, 6.07) is 20.0. The van der Waals surface area contributed by atoms with Crippen molar-refractivity contribution in [3.8, 4) is 0 Å². The third kappa shape index (κ3) is 4.15. The number of hydrogen-bond donors (Lipinski definition) is 0. The third-order valence-corrected chi connectivity index (χ3v) is 7.54. The van der Waals surface area contributed by atoms with Gasteiger partial charge in [-0.25, -0.2) is 0 Å². The number of piperazine rings is 1. The quantitative estimate of drug-likeness (QED) is 0.606. The minimum atomic E-state index is 0.0580. The molecule has 2 aliphatic heterocycles. The predicted molar refractivity (Wildman–Crippen MR) is 129 cm³/mol. The number of aryl methyl sites for hydroxylation is 1. The van der Waals surface area contributed by atoms with Gasteiger partial charge in [0.2, 0.25) is 0 Å². The second kappa shape index (κ2) is 8.79. The summed E-state index contributed by atoms with van der Waals surface area (Å²) in [4.78, 5) is 34.3. The van der Waals surface area contributed by atoms with E-state index in [0.717, 1.165) is 43.0 Å². The number of thiophene rings is 1. The van der Waals surface area contributed by atoms with Crippen LogP contribution >= 0.6 is 11.3 Å². The van der Waals surface area contributed by atoms with Gasteiger partial charge in [0.25, 0.3) is 11.8 Å².